The minimum absolute atomic E-state index is 0.0167. The van der Waals surface area contributed by atoms with Gasteiger partial charge >= 0.3 is 0 Å². The third kappa shape index (κ3) is 3.68. The van der Waals surface area contributed by atoms with Gasteiger partial charge in [0.25, 0.3) is 0 Å². The summed E-state index contributed by atoms with van der Waals surface area (Å²) in [6, 6.07) is 4.11. The van der Waals surface area contributed by atoms with Gasteiger partial charge in [0.05, 0.1) is 11.4 Å². The van der Waals surface area contributed by atoms with Crippen molar-refractivity contribution < 1.29 is 0 Å². The zero-order valence-electron chi connectivity index (χ0n) is 17.8. The zero-order valence-corrected chi connectivity index (χ0v) is 17.8. The number of hydrogen-bond acceptors (Lipinski definition) is 5. The maximum atomic E-state index is 4.87. The van der Waals surface area contributed by atoms with Gasteiger partial charge in [0.1, 0.15) is 5.82 Å². The van der Waals surface area contributed by atoms with Crippen LogP contribution in [0.25, 0.3) is 5.65 Å². The molecule has 3 aromatic rings. The Bertz CT molecular complexity index is 979. The molecule has 0 aromatic carbocycles. The molecule has 0 radical (unpaired) electrons. The average molecular weight is 394 g/mol. The number of fused-ring (bicyclic) bond motifs is 2. The molecule has 0 bridgehead atoms. The molecule has 154 valence electrons. The lowest BCUT2D eigenvalue weighted by Crippen LogP contribution is -2.33. The highest BCUT2D eigenvalue weighted by atomic mass is 15.4. The molecule has 0 unspecified atom stereocenters. The number of piperidine rings is 1. The molecule has 0 saturated carbocycles. The van der Waals surface area contributed by atoms with Crippen molar-refractivity contribution in [1.82, 2.24) is 34.3 Å². The van der Waals surface area contributed by atoms with Crippen molar-refractivity contribution in [2.75, 3.05) is 13.1 Å². The second kappa shape index (κ2) is 7.20. The van der Waals surface area contributed by atoms with Crippen molar-refractivity contribution >= 4 is 5.65 Å². The number of nitrogens with zero attached hydrogens (tertiary/aromatic N) is 7. The summed E-state index contributed by atoms with van der Waals surface area (Å²) in [5, 5.41) is 13.7. The number of aromatic nitrogens is 6. The monoisotopic (exact) mass is 393 g/mol. The van der Waals surface area contributed by atoms with Crippen LogP contribution in [-0.4, -0.2) is 47.4 Å². The molecule has 0 amide bonds. The second-order valence-electron chi connectivity index (χ2n) is 9.65. The van der Waals surface area contributed by atoms with Crippen LogP contribution in [0.1, 0.15) is 75.4 Å². The predicted octanol–water partition coefficient (Wildman–Crippen LogP) is 3.33. The van der Waals surface area contributed by atoms with Crippen molar-refractivity contribution in [2.45, 2.75) is 77.3 Å². The van der Waals surface area contributed by atoms with Crippen LogP contribution in [0.5, 0.6) is 0 Å². The molecule has 1 saturated heterocycles. The van der Waals surface area contributed by atoms with Gasteiger partial charge in [0.15, 0.2) is 11.5 Å². The summed E-state index contributed by atoms with van der Waals surface area (Å²) in [5.74, 6) is 2.71. The van der Waals surface area contributed by atoms with E-state index >= 15 is 0 Å². The van der Waals surface area contributed by atoms with Gasteiger partial charge in [-0.3, -0.25) is 4.90 Å². The van der Waals surface area contributed by atoms with Crippen LogP contribution in [0.2, 0.25) is 0 Å². The highest BCUT2D eigenvalue weighted by molar-refractivity contribution is 5.37. The summed E-state index contributed by atoms with van der Waals surface area (Å²) in [6.07, 6.45) is 8.15. The Morgan fingerprint density at radius 3 is 2.62 bits per heavy atom. The van der Waals surface area contributed by atoms with Crippen molar-refractivity contribution in [3.8, 4) is 0 Å². The molecule has 7 nitrogen and oxygen atoms in total. The third-order valence-corrected chi connectivity index (χ3v) is 6.35. The lowest BCUT2D eigenvalue weighted by atomic mass is 9.92. The van der Waals surface area contributed by atoms with Crippen LogP contribution in [-0.2, 0) is 24.9 Å². The Balaban J connectivity index is 1.27. The zero-order chi connectivity index (χ0) is 20.0. The van der Waals surface area contributed by atoms with Gasteiger partial charge in [-0.2, -0.15) is 9.61 Å². The fourth-order valence-corrected chi connectivity index (χ4v) is 4.59. The van der Waals surface area contributed by atoms with E-state index in [1.165, 1.54) is 24.4 Å². The van der Waals surface area contributed by atoms with Crippen LogP contribution in [0.4, 0.5) is 0 Å². The maximum Gasteiger partial charge on any atom is 0.177 e. The van der Waals surface area contributed by atoms with Gasteiger partial charge in [-0.15, -0.1) is 10.2 Å². The summed E-state index contributed by atoms with van der Waals surface area (Å²) in [4.78, 5) is 7.40. The molecular weight excluding hydrogens is 362 g/mol. The van der Waals surface area contributed by atoms with Gasteiger partial charge in [-0.25, -0.2) is 4.98 Å². The van der Waals surface area contributed by atoms with Crippen molar-refractivity contribution in [2.24, 2.45) is 0 Å². The van der Waals surface area contributed by atoms with Crippen LogP contribution in [0.3, 0.4) is 0 Å². The van der Waals surface area contributed by atoms with E-state index in [9.17, 15) is 0 Å². The van der Waals surface area contributed by atoms with E-state index in [4.69, 9.17) is 10.1 Å². The molecule has 3 aromatic heterocycles. The summed E-state index contributed by atoms with van der Waals surface area (Å²) in [6.45, 7) is 10.8. The van der Waals surface area contributed by atoms with E-state index in [0.717, 1.165) is 62.6 Å². The average Bonchev–Trinajstić information content (AvgIpc) is 3.31. The molecule has 29 heavy (non-hydrogen) atoms. The Morgan fingerprint density at radius 2 is 1.86 bits per heavy atom. The molecule has 1 fully saturated rings. The highest BCUT2D eigenvalue weighted by Gasteiger charge is 2.26. The number of imidazole rings is 1. The van der Waals surface area contributed by atoms with Gasteiger partial charge in [-0.05, 0) is 50.9 Å². The molecule has 0 spiro atoms. The molecule has 0 aliphatic carbocycles. The van der Waals surface area contributed by atoms with E-state index in [-0.39, 0.29) is 5.41 Å². The van der Waals surface area contributed by atoms with Gasteiger partial charge in [0.2, 0.25) is 0 Å². The van der Waals surface area contributed by atoms with E-state index in [0.29, 0.717) is 5.92 Å². The maximum absolute atomic E-state index is 4.87. The second-order valence-corrected chi connectivity index (χ2v) is 9.65. The molecule has 2 aliphatic rings. The molecular formula is C22H31N7. The van der Waals surface area contributed by atoms with E-state index < -0.39 is 0 Å². The lowest BCUT2D eigenvalue weighted by molar-refractivity contribution is 0.199. The largest absolute Gasteiger partial charge is 0.335 e. The standard InChI is InChI=1S/C22H31N7/c1-22(2,3)18-7-8-20-24-25-21(29(20)26-18)16-9-12-27(13-10-16)14-17-15-28-11-5-4-6-19(28)23-17/h7-8,15-16H,4-6,9-14H2,1-3H3. The molecule has 7 heteroatoms. The first-order valence-corrected chi connectivity index (χ1v) is 11.0. The SMILES string of the molecule is CC(C)(C)c1ccc2nnc(C3CCN(Cc4cn5c(n4)CCCC5)CC3)n2n1. The Hall–Kier alpha value is -2.28. The Kier molecular flexibility index (Phi) is 4.65. The van der Waals surface area contributed by atoms with Gasteiger partial charge in [0, 0.05) is 37.0 Å². The number of aryl methyl sites for hydroxylation is 2. The van der Waals surface area contributed by atoms with Crippen molar-refractivity contribution in [3.63, 3.8) is 0 Å². The quantitative estimate of drug-likeness (QED) is 0.683. The van der Waals surface area contributed by atoms with Crippen molar-refractivity contribution in [1.29, 1.82) is 0 Å². The van der Waals surface area contributed by atoms with E-state index in [2.05, 4.69) is 52.7 Å². The third-order valence-electron chi connectivity index (χ3n) is 6.35. The first-order valence-electron chi connectivity index (χ1n) is 11.0. The predicted molar refractivity (Wildman–Crippen MR) is 112 cm³/mol. The minimum Gasteiger partial charge on any atom is -0.335 e. The normalized spacial score (nSPS) is 19.0. The first kappa shape index (κ1) is 18.7. The van der Waals surface area contributed by atoms with Crippen LogP contribution < -0.4 is 0 Å². The van der Waals surface area contributed by atoms with Crippen LogP contribution >= 0.6 is 0 Å². The molecule has 0 atom stereocenters. The molecule has 5 heterocycles. The first-order chi connectivity index (χ1) is 14.0. The van der Waals surface area contributed by atoms with Crippen molar-refractivity contribution in [3.05, 3.63) is 41.4 Å². The summed E-state index contributed by atoms with van der Waals surface area (Å²) in [5.41, 5.74) is 3.17. The summed E-state index contributed by atoms with van der Waals surface area (Å²) in [7, 11) is 0. The Morgan fingerprint density at radius 1 is 1.03 bits per heavy atom. The highest BCUT2D eigenvalue weighted by Crippen LogP contribution is 2.28. The topological polar surface area (TPSA) is 64.1 Å². The molecule has 0 N–H and O–H groups in total. The van der Waals surface area contributed by atoms with Gasteiger partial charge in [-0.1, -0.05) is 20.8 Å². The summed E-state index contributed by atoms with van der Waals surface area (Å²) >= 11 is 0. The summed E-state index contributed by atoms with van der Waals surface area (Å²) < 4.78 is 4.33. The molecule has 2 aliphatic heterocycles. The number of rotatable bonds is 3. The minimum atomic E-state index is 0.0167. The smallest absolute Gasteiger partial charge is 0.177 e. The van der Waals surface area contributed by atoms with Crippen LogP contribution in [0, 0.1) is 0 Å². The molecule has 5 rings (SSSR count). The fourth-order valence-electron chi connectivity index (χ4n) is 4.59. The van der Waals surface area contributed by atoms with Crippen LogP contribution in [0.15, 0.2) is 18.3 Å². The lowest BCUT2D eigenvalue weighted by Gasteiger charge is -2.30. The van der Waals surface area contributed by atoms with E-state index in [1.807, 2.05) is 10.6 Å². The Labute approximate surface area is 172 Å². The number of hydrogen-bond donors (Lipinski definition) is 0. The van der Waals surface area contributed by atoms with Gasteiger partial charge < -0.3 is 4.57 Å². The number of likely N-dealkylation sites (tertiary alicyclic amines) is 1. The fraction of sp³-hybridized carbons (Fsp3) is 0.636. The van der Waals surface area contributed by atoms with E-state index in [1.54, 1.807) is 0 Å².